The van der Waals surface area contributed by atoms with E-state index in [-0.39, 0.29) is 35.7 Å². The van der Waals surface area contributed by atoms with Crippen LogP contribution in [0.2, 0.25) is 0 Å². The first-order chi connectivity index (χ1) is 30.3. The average Bonchev–Trinajstić information content (AvgIpc) is 4.16. The van der Waals surface area contributed by atoms with E-state index in [1.54, 1.807) is 6.20 Å². The molecule has 4 amide bonds. The van der Waals surface area contributed by atoms with Crippen LogP contribution in [0, 0.1) is 11.8 Å². The van der Waals surface area contributed by atoms with Gasteiger partial charge in [-0.2, -0.15) is 0 Å². The number of rotatable bonds is 10. The van der Waals surface area contributed by atoms with Gasteiger partial charge in [0.2, 0.25) is 11.8 Å². The van der Waals surface area contributed by atoms with E-state index in [9.17, 15) is 19.2 Å². The molecule has 3 aromatic heterocycles. The molecule has 15 nitrogen and oxygen atoms in total. The Kier molecular flexibility index (Phi) is 12.1. The van der Waals surface area contributed by atoms with E-state index < -0.39 is 24.3 Å². The molecule has 0 spiro atoms. The van der Waals surface area contributed by atoms with Crippen LogP contribution in [0.15, 0.2) is 54.9 Å². The first-order valence-corrected chi connectivity index (χ1v) is 22.5. The van der Waals surface area contributed by atoms with Gasteiger partial charge in [-0.05, 0) is 92.2 Å². The van der Waals surface area contributed by atoms with Gasteiger partial charge >= 0.3 is 12.2 Å². The zero-order valence-electron chi connectivity index (χ0n) is 35.7. The molecule has 326 valence electrons. The van der Waals surface area contributed by atoms with E-state index in [0.717, 1.165) is 146 Å². The molecule has 5 heterocycles. The van der Waals surface area contributed by atoms with Crippen molar-refractivity contribution in [3.63, 3.8) is 0 Å². The van der Waals surface area contributed by atoms with Gasteiger partial charge in [0.15, 0.2) is 0 Å². The van der Waals surface area contributed by atoms with Crippen molar-refractivity contribution in [1.82, 2.24) is 45.4 Å². The molecule has 0 bridgehead atoms. The van der Waals surface area contributed by atoms with Crippen molar-refractivity contribution in [2.24, 2.45) is 11.8 Å². The number of aromatic nitrogens is 5. The number of ether oxygens (including phenoxy) is 2. The summed E-state index contributed by atoms with van der Waals surface area (Å²) in [5, 5.41) is 7.87. The van der Waals surface area contributed by atoms with Gasteiger partial charge < -0.3 is 39.9 Å². The van der Waals surface area contributed by atoms with Crippen LogP contribution in [0.3, 0.4) is 0 Å². The van der Waals surface area contributed by atoms with Gasteiger partial charge in [0.25, 0.3) is 0 Å². The van der Waals surface area contributed by atoms with Gasteiger partial charge in [-0.15, -0.1) is 0 Å². The normalized spacial score (nSPS) is 20.9. The minimum absolute atomic E-state index is 0.0626. The molecule has 0 radical (unpaired) electrons. The van der Waals surface area contributed by atoms with Crippen molar-refractivity contribution in [2.45, 2.75) is 114 Å². The van der Waals surface area contributed by atoms with Crippen LogP contribution in [0.25, 0.3) is 44.3 Å². The molecule has 4 N–H and O–H groups in total. The molecule has 4 aliphatic rings. The SMILES string of the molecule is COC(=O)N[C@H](C(=O)N1CCC[C@H]1c1ncc(-c2ccc3cc(-c4cc5[nH]c([C@@H]6CCCN6C(=O)[C@@H](NC(=O)OC)C6CCCCC6)nc5cn4)ccc3c2)[nH]1)C1CCCCC1. The van der Waals surface area contributed by atoms with Crippen molar-refractivity contribution in [3.05, 3.63) is 66.5 Å². The van der Waals surface area contributed by atoms with Gasteiger partial charge in [-0.3, -0.25) is 14.6 Å². The molecular formula is C47H57N9O6. The number of nitrogens with one attached hydrogen (secondary N) is 4. The zero-order valence-corrected chi connectivity index (χ0v) is 35.7. The van der Waals surface area contributed by atoms with E-state index in [1.807, 2.05) is 22.1 Å². The summed E-state index contributed by atoms with van der Waals surface area (Å²) in [5.74, 6) is 1.52. The minimum atomic E-state index is -0.620. The van der Waals surface area contributed by atoms with E-state index in [4.69, 9.17) is 24.4 Å². The first-order valence-electron chi connectivity index (χ1n) is 22.5. The van der Waals surface area contributed by atoms with Crippen LogP contribution >= 0.6 is 0 Å². The Morgan fingerprint density at radius 2 is 1.18 bits per heavy atom. The molecule has 0 unspecified atom stereocenters. The molecule has 2 aliphatic heterocycles. The number of carbonyl (C=O) groups is 4. The van der Waals surface area contributed by atoms with Crippen LogP contribution in [-0.2, 0) is 19.1 Å². The zero-order chi connectivity index (χ0) is 42.7. The number of pyridine rings is 1. The van der Waals surface area contributed by atoms with Gasteiger partial charge in [0, 0.05) is 24.2 Å². The smallest absolute Gasteiger partial charge is 0.407 e. The van der Waals surface area contributed by atoms with Crippen LogP contribution < -0.4 is 10.6 Å². The second-order valence-electron chi connectivity index (χ2n) is 17.6. The van der Waals surface area contributed by atoms with E-state index in [0.29, 0.717) is 13.1 Å². The Bertz CT molecular complexity index is 2430. The lowest BCUT2D eigenvalue weighted by Gasteiger charge is -2.34. The summed E-state index contributed by atoms with van der Waals surface area (Å²) in [5.41, 5.74) is 5.21. The highest BCUT2D eigenvalue weighted by molar-refractivity contribution is 5.91. The number of hydrogen-bond donors (Lipinski definition) is 4. The number of hydrogen-bond acceptors (Lipinski definition) is 9. The third-order valence-electron chi connectivity index (χ3n) is 13.8. The number of benzene rings is 2. The number of alkyl carbamates (subject to hydrolysis) is 2. The fourth-order valence-corrected chi connectivity index (χ4v) is 10.5. The summed E-state index contributed by atoms with van der Waals surface area (Å²) < 4.78 is 9.83. The summed E-state index contributed by atoms with van der Waals surface area (Å²) in [7, 11) is 2.66. The molecule has 15 heteroatoms. The van der Waals surface area contributed by atoms with Crippen LogP contribution in [0.4, 0.5) is 9.59 Å². The topological polar surface area (TPSA) is 188 Å². The first kappa shape index (κ1) is 41.4. The molecule has 62 heavy (non-hydrogen) atoms. The maximum atomic E-state index is 14.1. The Balaban J connectivity index is 0.900. The van der Waals surface area contributed by atoms with E-state index in [2.05, 4.69) is 57.0 Å². The predicted molar refractivity (Wildman–Crippen MR) is 234 cm³/mol. The monoisotopic (exact) mass is 843 g/mol. The molecular weight excluding hydrogens is 787 g/mol. The number of fused-ring (bicyclic) bond motifs is 2. The van der Waals surface area contributed by atoms with Crippen LogP contribution in [0.5, 0.6) is 0 Å². The fraction of sp³-hybridized carbons (Fsp3) is 0.511. The average molecular weight is 844 g/mol. The van der Waals surface area contributed by atoms with Crippen molar-refractivity contribution in [3.8, 4) is 22.5 Å². The molecule has 2 saturated heterocycles. The maximum Gasteiger partial charge on any atom is 0.407 e. The van der Waals surface area contributed by atoms with Gasteiger partial charge in [0.05, 0.1) is 55.6 Å². The third kappa shape index (κ3) is 8.45. The summed E-state index contributed by atoms with van der Waals surface area (Å²) >= 11 is 0. The number of amides is 4. The number of likely N-dealkylation sites (tertiary alicyclic amines) is 2. The standard InChI is InChI=1S/C47H57N9O6/c1-61-46(59)53-40(28-11-5-3-6-12-28)44(57)55-21-9-15-38(55)42-49-26-36(51-42)33-20-18-30-23-32(19-17-31(30)24-33)34-25-35-37(27-48-34)52-43(50-35)39-16-10-22-56(39)45(58)41(54-47(60)62-2)29-13-7-4-8-14-29/h17-20,23-29,38-41H,3-16,21-22H2,1-2H3,(H,49,51)(H,50,52)(H,53,59)(H,54,60)/t38-,39-,40-,41-/m0/s1. The molecule has 4 fully saturated rings. The molecule has 5 aromatic rings. The summed E-state index contributed by atoms with van der Waals surface area (Å²) in [6, 6.07) is 13.0. The number of aromatic amines is 2. The number of methoxy groups -OCH3 is 2. The predicted octanol–water partition coefficient (Wildman–Crippen LogP) is 8.11. The molecule has 2 saturated carbocycles. The van der Waals surface area contributed by atoms with Crippen LogP contribution in [-0.4, -0.2) is 98.1 Å². The van der Waals surface area contributed by atoms with Crippen LogP contribution in [0.1, 0.15) is 114 Å². The summed E-state index contributed by atoms with van der Waals surface area (Å²) in [4.78, 5) is 78.1. The largest absolute Gasteiger partial charge is 0.453 e. The highest BCUT2D eigenvalue weighted by atomic mass is 16.5. The van der Waals surface area contributed by atoms with Crippen molar-refractivity contribution >= 4 is 45.8 Å². The Morgan fingerprint density at radius 3 is 1.76 bits per heavy atom. The lowest BCUT2D eigenvalue weighted by Crippen LogP contribution is -2.52. The molecule has 2 aliphatic carbocycles. The van der Waals surface area contributed by atoms with E-state index >= 15 is 0 Å². The maximum absolute atomic E-state index is 14.1. The van der Waals surface area contributed by atoms with Crippen molar-refractivity contribution < 1.29 is 28.7 Å². The van der Waals surface area contributed by atoms with Crippen molar-refractivity contribution in [1.29, 1.82) is 0 Å². The van der Waals surface area contributed by atoms with E-state index in [1.165, 1.54) is 14.2 Å². The highest BCUT2D eigenvalue weighted by Crippen LogP contribution is 2.38. The van der Waals surface area contributed by atoms with Gasteiger partial charge in [-0.1, -0.05) is 62.8 Å². The quantitative estimate of drug-likeness (QED) is 0.108. The minimum Gasteiger partial charge on any atom is -0.453 e. The van der Waals surface area contributed by atoms with Crippen molar-refractivity contribution in [2.75, 3.05) is 27.3 Å². The molecule has 4 atom stereocenters. The fourth-order valence-electron chi connectivity index (χ4n) is 10.5. The Hall–Kier alpha value is -5.99. The number of carbonyl (C=O) groups excluding carboxylic acids is 4. The lowest BCUT2D eigenvalue weighted by atomic mass is 9.83. The second-order valence-corrected chi connectivity index (χ2v) is 17.6. The Labute approximate surface area is 361 Å². The molecule has 9 rings (SSSR count). The van der Waals surface area contributed by atoms with Gasteiger partial charge in [0.1, 0.15) is 29.2 Å². The second kappa shape index (κ2) is 18.2. The number of nitrogens with zero attached hydrogens (tertiary/aromatic N) is 5. The number of imidazole rings is 2. The summed E-state index contributed by atoms with van der Waals surface area (Å²) in [6.45, 7) is 1.22. The Morgan fingerprint density at radius 1 is 0.629 bits per heavy atom. The third-order valence-corrected chi connectivity index (χ3v) is 13.8. The molecule has 2 aromatic carbocycles. The lowest BCUT2D eigenvalue weighted by molar-refractivity contribution is -0.136. The van der Waals surface area contributed by atoms with Gasteiger partial charge in [-0.25, -0.2) is 19.6 Å². The number of H-pyrrole nitrogens is 2. The highest BCUT2D eigenvalue weighted by Gasteiger charge is 2.41. The summed E-state index contributed by atoms with van der Waals surface area (Å²) in [6.07, 6.45) is 15.9.